The molecule has 2 N–H and O–H groups in total. The van der Waals surface area contributed by atoms with E-state index >= 15 is 0 Å². The van der Waals surface area contributed by atoms with Crippen LogP contribution in [0.25, 0.3) is 10.8 Å². The molecule has 3 aromatic rings. The third-order valence-electron chi connectivity index (χ3n) is 4.64. The van der Waals surface area contributed by atoms with E-state index in [4.69, 9.17) is 0 Å². The number of halogens is 1. The van der Waals surface area contributed by atoms with E-state index in [1.165, 1.54) is 16.3 Å². The number of hydrogen-bond donors (Lipinski definition) is 2. The van der Waals surface area contributed by atoms with Gasteiger partial charge in [-0.2, -0.15) is 0 Å². The van der Waals surface area contributed by atoms with Crippen molar-refractivity contribution in [1.29, 1.82) is 0 Å². The summed E-state index contributed by atoms with van der Waals surface area (Å²) in [5.74, 6) is 2.38. The molecule has 0 bridgehead atoms. The van der Waals surface area contributed by atoms with Crippen molar-refractivity contribution in [3.8, 4) is 0 Å². The molecule has 0 amide bonds. The molecule has 0 saturated heterocycles. The normalized spacial score (nSPS) is 12.7. The third kappa shape index (κ3) is 5.47. The first-order valence-corrected chi connectivity index (χ1v) is 9.53. The van der Waals surface area contributed by atoms with Gasteiger partial charge in [-0.15, -0.1) is 24.0 Å². The number of benzene rings is 2. The topological polar surface area (TPSA) is 54.2 Å². The zero-order valence-electron chi connectivity index (χ0n) is 17.0. The van der Waals surface area contributed by atoms with Crippen molar-refractivity contribution < 1.29 is 0 Å². The quantitative estimate of drug-likeness (QED) is 0.298. The Morgan fingerprint density at radius 3 is 2.61 bits per heavy atom. The van der Waals surface area contributed by atoms with Crippen molar-refractivity contribution in [2.75, 3.05) is 7.05 Å². The fourth-order valence-electron chi connectivity index (χ4n) is 3.34. The summed E-state index contributed by atoms with van der Waals surface area (Å²) >= 11 is 0. The van der Waals surface area contributed by atoms with Gasteiger partial charge in [0, 0.05) is 26.0 Å². The van der Waals surface area contributed by atoms with Crippen LogP contribution < -0.4 is 10.6 Å². The molecule has 1 aromatic heterocycles. The zero-order valence-corrected chi connectivity index (χ0v) is 19.3. The van der Waals surface area contributed by atoms with Crippen LogP contribution in [-0.4, -0.2) is 22.6 Å². The van der Waals surface area contributed by atoms with Gasteiger partial charge in [-0.3, -0.25) is 4.99 Å². The maximum atomic E-state index is 4.47. The summed E-state index contributed by atoms with van der Waals surface area (Å²) in [4.78, 5) is 8.85. The number of fused-ring (bicyclic) bond motifs is 1. The second-order valence-electron chi connectivity index (χ2n) is 7.25. The Balaban J connectivity index is 0.00000280. The minimum absolute atomic E-state index is 0. The van der Waals surface area contributed by atoms with Gasteiger partial charge in [-0.05, 0) is 29.2 Å². The molecule has 0 aliphatic carbocycles. The number of nitrogens with zero attached hydrogens (tertiary/aromatic N) is 3. The number of imidazole rings is 1. The van der Waals surface area contributed by atoms with Crippen molar-refractivity contribution in [3.63, 3.8) is 0 Å². The Hall–Kier alpha value is -2.09. The minimum Gasteiger partial charge on any atom is -0.350 e. The van der Waals surface area contributed by atoms with E-state index in [-0.39, 0.29) is 30.0 Å². The predicted octanol–water partition coefficient (Wildman–Crippen LogP) is 4.74. The number of aliphatic imine (C=N–C) groups is 1. The standard InChI is InChI=1S/C22H29N5.HI/c1-16(2)15-27-13-12-24-21(27)14-25-22(23-4)26-17(3)19-11-7-9-18-8-5-6-10-20(18)19;/h5-13,16-17H,14-15H2,1-4H3,(H2,23,25,26);1H. The summed E-state index contributed by atoms with van der Waals surface area (Å²) < 4.78 is 2.19. The van der Waals surface area contributed by atoms with E-state index in [1.54, 1.807) is 7.05 Å². The van der Waals surface area contributed by atoms with Crippen molar-refractivity contribution in [2.24, 2.45) is 10.9 Å². The van der Waals surface area contributed by atoms with Crippen LogP contribution in [-0.2, 0) is 13.1 Å². The molecular weight excluding hydrogens is 461 g/mol. The lowest BCUT2D eigenvalue weighted by Gasteiger charge is -2.20. The van der Waals surface area contributed by atoms with E-state index in [9.17, 15) is 0 Å². The van der Waals surface area contributed by atoms with Gasteiger partial charge in [0.15, 0.2) is 5.96 Å². The van der Waals surface area contributed by atoms with Crippen LogP contribution in [0.15, 0.2) is 59.9 Å². The van der Waals surface area contributed by atoms with Gasteiger partial charge in [0.2, 0.25) is 0 Å². The van der Waals surface area contributed by atoms with Crippen molar-refractivity contribution in [1.82, 2.24) is 20.2 Å². The molecule has 2 aromatic carbocycles. The molecule has 6 heteroatoms. The lowest BCUT2D eigenvalue weighted by Crippen LogP contribution is -2.38. The van der Waals surface area contributed by atoms with Crippen molar-refractivity contribution in [3.05, 3.63) is 66.2 Å². The molecule has 28 heavy (non-hydrogen) atoms. The smallest absolute Gasteiger partial charge is 0.191 e. The molecule has 0 aliphatic heterocycles. The van der Waals surface area contributed by atoms with E-state index in [0.29, 0.717) is 12.5 Å². The molecule has 3 rings (SSSR count). The number of guanidine groups is 1. The molecular formula is C22H30IN5. The summed E-state index contributed by atoms with van der Waals surface area (Å²) in [5, 5.41) is 9.41. The maximum absolute atomic E-state index is 4.47. The Morgan fingerprint density at radius 1 is 1.11 bits per heavy atom. The SMILES string of the molecule is CN=C(NCc1nccn1CC(C)C)NC(C)c1cccc2ccccc12.I. The van der Waals surface area contributed by atoms with Crippen LogP contribution in [0.1, 0.15) is 38.2 Å². The summed E-state index contributed by atoms with van der Waals surface area (Å²) in [6.45, 7) is 8.19. The van der Waals surface area contributed by atoms with Gasteiger partial charge in [0.1, 0.15) is 5.82 Å². The predicted molar refractivity (Wildman–Crippen MR) is 128 cm³/mol. The molecule has 0 aliphatic rings. The van der Waals surface area contributed by atoms with Gasteiger partial charge in [-0.25, -0.2) is 4.98 Å². The summed E-state index contributed by atoms with van der Waals surface area (Å²) in [7, 11) is 1.80. The van der Waals surface area contributed by atoms with Crippen LogP contribution in [0.4, 0.5) is 0 Å². The molecule has 0 radical (unpaired) electrons. The zero-order chi connectivity index (χ0) is 19.2. The van der Waals surface area contributed by atoms with Gasteiger partial charge in [-0.1, -0.05) is 56.3 Å². The molecule has 0 fully saturated rings. The third-order valence-corrected chi connectivity index (χ3v) is 4.64. The van der Waals surface area contributed by atoms with Crippen molar-refractivity contribution >= 4 is 40.7 Å². The second-order valence-corrected chi connectivity index (χ2v) is 7.25. The van der Waals surface area contributed by atoms with Crippen LogP contribution in [0.3, 0.4) is 0 Å². The minimum atomic E-state index is 0. The monoisotopic (exact) mass is 491 g/mol. The Labute approximate surface area is 184 Å². The first kappa shape index (κ1) is 22.2. The first-order valence-electron chi connectivity index (χ1n) is 9.53. The second kappa shape index (κ2) is 10.5. The lowest BCUT2D eigenvalue weighted by atomic mass is 10.00. The van der Waals surface area contributed by atoms with Crippen molar-refractivity contribution in [2.45, 2.75) is 39.9 Å². The van der Waals surface area contributed by atoms with Gasteiger partial charge < -0.3 is 15.2 Å². The summed E-state index contributed by atoms with van der Waals surface area (Å²) in [6.07, 6.45) is 3.89. The average Bonchev–Trinajstić information content (AvgIpc) is 3.10. The molecule has 1 heterocycles. The highest BCUT2D eigenvalue weighted by atomic mass is 127. The van der Waals surface area contributed by atoms with E-state index < -0.39 is 0 Å². The first-order chi connectivity index (χ1) is 13.1. The van der Waals surface area contributed by atoms with Gasteiger partial charge in [0.05, 0.1) is 12.6 Å². The Morgan fingerprint density at radius 2 is 1.86 bits per heavy atom. The maximum Gasteiger partial charge on any atom is 0.191 e. The lowest BCUT2D eigenvalue weighted by molar-refractivity contribution is 0.503. The van der Waals surface area contributed by atoms with E-state index in [1.807, 2.05) is 12.4 Å². The number of aromatic nitrogens is 2. The molecule has 150 valence electrons. The Kier molecular flexibility index (Phi) is 8.29. The number of rotatable bonds is 6. The molecule has 5 nitrogen and oxygen atoms in total. The van der Waals surface area contributed by atoms with Gasteiger partial charge in [0.25, 0.3) is 0 Å². The number of nitrogens with one attached hydrogen (secondary N) is 2. The van der Waals surface area contributed by atoms with Crippen LogP contribution in [0.2, 0.25) is 0 Å². The highest BCUT2D eigenvalue weighted by molar-refractivity contribution is 14.0. The van der Waals surface area contributed by atoms with E-state index in [2.05, 4.69) is 88.4 Å². The average molecular weight is 491 g/mol. The summed E-state index contributed by atoms with van der Waals surface area (Å²) in [6, 6.07) is 15.0. The summed E-state index contributed by atoms with van der Waals surface area (Å²) in [5.41, 5.74) is 1.26. The van der Waals surface area contributed by atoms with Crippen LogP contribution >= 0.6 is 24.0 Å². The highest BCUT2D eigenvalue weighted by Crippen LogP contribution is 2.23. The number of hydrogen-bond acceptors (Lipinski definition) is 2. The fourth-order valence-corrected chi connectivity index (χ4v) is 3.34. The molecule has 1 atom stereocenters. The van der Waals surface area contributed by atoms with Crippen LogP contribution in [0.5, 0.6) is 0 Å². The Bertz CT molecular complexity index is 911. The fraction of sp³-hybridized carbons (Fsp3) is 0.364. The highest BCUT2D eigenvalue weighted by Gasteiger charge is 2.12. The largest absolute Gasteiger partial charge is 0.350 e. The van der Waals surface area contributed by atoms with Crippen LogP contribution in [0, 0.1) is 5.92 Å². The van der Waals surface area contributed by atoms with E-state index in [0.717, 1.165) is 18.3 Å². The van der Waals surface area contributed by atoms with Gasteiger partial charge >= 0.3 is 0 Å². The molecule has 0 saturated carbocycles. The molecule has 1 unspecified atom stereocenters. The molecule has 0 spiro atoms.